The number of hydrogen-bond acceptors (Lipinski definition) is 7. The third-order valence-electron chi connectivity index (χ3n) is 10.3. The maximum absolute atomic E-state index is 12.6. The van der Waals surface area contributed by atoms with Gasteiger partial charge in [-0.25, -0.2) is 0 Å². The molecule has 0 aromatic carbocycles. The van der Waals surface area contributed by atoms with Gasteiger partial charge in [-0.05, 0) is 103 Å². The molecule has 0 aliphatic heterocycles. The van der Waals surface area contributed by atoms with E-state index in [1.165, 1.54) is 77.0 Å². The van der Waals surface area contributed by atoms with E-state index in [1.54, 1.807) is 0 Å². The molecule has 0 radical (unpaired) electrons. The first-order valence-corrected chi connectivity index (χ1v) is 22.7. The summed E-state index contributed by atoms with van der Waals surface area (Å²) < 4.78 is 16.9. The molecule has 0 amide bonds. The molecule has 0 unspecified atom stereocenters. The average molecular weight is 762 g/mol. The highest BCUT2D eigenvalue weighted by Gasteiger charge is 2.15. The molecule has 0 rings (SSSR count). The largest absolute Gasteiger partial charge is 0.462 e. The van der Waals surface area contributed by atoms with Crippen molar-refractivity contribution >= 4 is 17.9 Å². The molecule has 0 bridgehead atoms. The first-order valence-electron chi connectivity index (χ1n) is 22.7. The van der Waals surface area contributed by atoms with E-state index in [1.807, 2.05) is 26.2 Å². The van der Waals surface area contributed by atoms with Crippen LogP contribution in [0.5, 0.6) is 0 Å². The van der Waals surface area contributed by atoms with Crippen molar-refractivity contribution in [2.75, 3.05) is 33.9 Å². The normalized spacial score (nSPS) is 12.0. The van der Waals surface area contributed by atoms with Crippen molar-refractivity contribution in [3.63, 3.8) is 0 Å². The Labute approximate surface area is 334 Å². The number of hydrogen-bond donors (Lipinski definition) is 0. The minimum absolute atomic E-state index is 0.0324. The molecule has 54 heavy (non-hydrogen) atoms. The molecule has 0 atom stereocenters. The second kappa shape index (κ2) is 39.1. The third-order valence-corrected chi connectivity index (χ3v) is 10.3. The summed E-state index contributed by atoms with van der Waals surface area (Å²) in [5, 5.41) is 0. The van der Waals surface area contributed by atoms with Crippen LogP contribution < -0.4 is 0 Å². The molecule has 0 aliphatic rings. The second-order valence-corrected chi connectivity index (χ2v) is 15.9. The highest BCUT2D eigenvalue weighted by Crippen LogP contribution is 2.20. The summed E-state index contributed by atoms with van der Waals surface area (Å²) >= 11 is 0. The number of carbonyl (C=O) groups excluding carboxylic acids is 3. The zero-order valence-corrected chi connectivity index (χ0v) is 36.4. The fourth-order valence-electron chi connectivity index (χ4n) is 6.85. The van der Waals surface area contributed by atoms with Crippen LogP contribution in [0.4, 0.5) is 0 Å². The third kappa shape index (κ3) is 35.5. The summed E-state index contributed by atoms with van der Waals surface area (Å²) in [5.41, 5.74) is 0. The number of rotatable bonds is 39. The van der Waals surface area contributed by atoms with Gasteiger partial charge in [-0.2, -0.15) is 0 Å². The van der Waals surface area contributed by atoms with E-state index in [2.05, 4.69) is 44.7 Å². The Morgan fingerprint density at radius 3 is 1.22 bits per heavy atom. The van der Waals surface area contributed by atoms with Gasteiger partial charge in [0.15, 0.2) is 0 Å². The number of nitrogens with zero attached hydrogens (tertiary/aromatic N) is 1. The molecule has 0 aromatic rings. The van der Waals surface area contributed by atoms with E-state index in [0.717, 1.165) is 90.0 Å². The van der Waals surface area contributed by atoms with Crippen LogP contribution in [-0.4, -0.2) is 62.8 Å². The van der Waals surface area contributed by atoms with Crippen molar-refractivity contribution in [1.82, 2.24) is 4.90 Å². The molecule has 0 saturated carbocycles. The Hall–Kier alpha value is -2.15. The molecule has 0 heterocycles. The monoisotopic (exact) mass is 762 g/mol. The van der Waals surface area contributed by atoms with Gasteiger partial charge in [0, 0.05) is 19.3 Å². The van der Waals surface area contributed by atoms with Crippen molar-refractivity contribution in [2.45, 2.75) is 214 Å². The summed E-state index contributed by atoms with van der Waals surface area (Å²) in [6.45, 7) is 10.6. The van der Waals surface area contributed by atoms with Crippen LogP contribution in [0.3, 0.4) is 0 Å². The van der Waals surface area contributed by atoms with E-state index in [9.17, 15) is 14.4 Å². The SMILES string of the molecule is CCCCC(/C=C/COC(=O)CCCCCCCC(CCCCCCCC(=O)OC/C=C/C(CCCC)CCCC)OC(=O)CCCN(C)C)CCCC. The van der Waals surface area contributed by atoms with Gasteiger partial charge in [-0.15, -0.1) is 0 Å². The number of carbonyl (C=O) groups is 3. The Balaban J connectivity index is 4.34. The lowest BCUT2D eigenvalue weighted by atomic mass is 9.96. The maximum atomic E-state index is 12.6. The topological polar surface area (TPSA) is 82.1 Å². The molecule has 0 spiro atoms. The first kappa shape index (κ1) is 51.9. The van der Waals surface area contributed by atoms with E-state index in [-0.39, 0.29) is 24.0 Å². The van der Waals surface area contributed by atoms with E-state index < -0.39 is 0 Å². The lowest BCUT2D eigenvalue weighted by molar-refractivity contribution is -0.150. The molecular formula is C47H87NO6. The second-order valence-electron chi connectivity index (χ2n) is 15.9. The average Bonchev–Trinajstić information content (AvgIpc) is 3.15. The molecular weight excluding hydrogens is 675 g/mol. The van der Waals surface area contributed by atoms with E-state index in [4.69, 9.17) is 14.2 Å². The van der Waals surface area contributed by atoms with Crippen LogP contribution >= 0.6 is 0 Å². The summed E-state index contributed by atoms with van der Waals surface area (Å²) in [5.74, 6) is 0.917. The fraction of sp³-hybridized carbons (Fsp3) is 0.851. The number of ether oxygens (including phenoxy) is 3. The number of allylic oxidation sites excluding steroid dienone is 2. The van der Waals surface area contributed by atoms with Gasteiger partial charge in [0.25, 0.3) is 0 Å². The van der Waals surface area contributed by atoms with Crippen LogP contribution in [0.2, 0.25) is 0 Å². The molecule has 0 saturated heterocycles. The highest BCUT2D eigenvalue weighted by atomic mass is 16.5. The molecule has 7 nitrogen and oxygen atoms in total. The minimum atomic E-state index is -0.101. The Morgan fingerprint density at radius 2 is 0.833 bits per heavy atom. The standard InChI is InChI=1S/C47H87NO6/c1-7-11-28-42(29-12-8-2)32-26-40-52-45(49)36-23-19-15-17-21-34-44(54-47(51)38-25-39-48(5)6)35-22-18-16-20-24-37-46(50)53-41-27-33-43(30-13-9-3)31-14-10-4/h26-27,32-33,42-44H,7-25,28-31,34-41H2,1-6H3/b32-26+,33-27+. The summed E-state index contributed by atoms with van der Waals surface area (Å²) in [7, 11) is 4.04. The van der Waals surface area contributed by atoms with Crippen LogP contribution in [-0.2, 0) is 28.6 Å². The van der Waals surface area contributed by atoms with Gasteiger partial charge in [-0.3, -0.25) is 14.4 Å². The Kier molecular flexibility index (Phi) is 37.5. The predicted octanol–water partition coefficient (Wildman–Crippen LogP) is 12.9. The summed E-state index contributed by atoms with van der Waals surface area (Å²) in [6.07, 6.45) is 37.4. The van der Waals surface area contributed by atoms with Crippen molar-refractivity contribution in [1.29, 1.82) is 0 Å². The van der Waals surface area contributed by atoms with E-state index in [0.29, 0.717) is 44.3 Å². The van der Waals surface area contributed by atoms with Crippen LogP contribution in [0.25, 0.3) is 0 Å². The first-order chi connectivity index (χ1) is 26.2. The maximum Gasteiger partial charge on any atom is 0.306 e. The van der Waals surface area contributed by atoms with Gasteiger partial charge < -0.3 is 19.1 Å². The van der Waals surface area contributed by atoms with Gasteiger partial charge in [0.05, 0.1) is 0 Å². The lowest BCUT2D eigenvalue weighted by Crippen LogP contribution is -2.20. The smallest absolute Gasteiger partial charge is 0.306 e. The lowest BCUT2D eigenvalue weighted by Gasteiger charge is -2.18. The fourth-order valence-corrected chi connectivity index (χ4v) is 6.85. The summed E-state index contributed by atoms with van der Waals surface area (Å²) in [6, 6.07) is 0. The Bertz CT molecular complexity index is 855. The number of unbranched alkanes of at least 4 members (excludes halogenated alkanes) is 12. The quantitative estimate of drug-likeness (QED) is 0.0267. The van der Waals surface area contributed by atoms with Crippen LogP contribution in [0.1, 0.15) is 207 Å². The molecule has 0 aliphatic carbocycles. The van der Waals surface area contributed by atoms with Gasteiger partial charge in [0.2, 0.25) is 0 Å². The Morgan fingerprint density at radius 1 is 0.463 bits per heavy atom. The molecule has 0 fully saturated rings. The van der Waals surface area contributed by atoms with Crippen molar-refractivity contribution in [3.05, 3.63) is 24.3 Å². The van der Waals surface area contributed by atoms with Crippen LogP contribution in [0, 0.1) is 11.8 Å². The van der Waals surface area contributed by atoms with Crippen molar-refractivity contribution in [3.8, 4) is 0 Å². The van der Waals surface area contributed by atoms with Gasteiger partial charge in [-0.1, -0.05) is 142 Å². The van der Waals surface area contributed by atoms with Crippen molar-refractivity contribution in [2.24, 2.45) is 11.8 Å². The zero-order valence-electron chi connectivity index (χ0n) is 36.4. The van der Waals surface area contributed by atoms with Crippen molar-refractivity contribution < 1.29 is 28.6 Å². The minimum Gasteiger partial charge on any atom is -0.462 e. The molecule has 316 valence electrons. The molecule has 0 aromatic heterocycles. The zero-order chi connectivity index (χ0) is 39.9. The molecule has 0 N–H and O–H groups in total. The summed E-state index contributed by atoms with van der Waals surface area (Å²) in [4.78, 5) is 39.1. The number of esters is 3. The predicted molar refractivity (Wildman–Crippen MR) is 228 cm³/mol. The van der Waals surface area contributed by atoms with Gasteiger partial charge >= 0.3 is 17.9 Å². The van der Waals surface area contributed by atoms with Crippen LogP contribution in [0.15, 0.2) is 24.3 Å². The molecule has 7 heteroatoms. The van der Waals surface area contributed by atoms with E-state index >= 15 is 0 Å². The highest BCUT2D eigenvalue weighted by molar-refractivity contribution is 5.70. The van der Waals surface area contributed by atoms with Gasteiger partial charge in [0.1, 0.15) is 19.3 Å².